The number of carbonyl (C=O) groups is 2. The van der Waals surface area contributed by atoms with Gasteiger partial charge in [0, 0.05) is 32.4 Å². The first-order valence-electron chi connectivity index (χ1n) is 12.0. The zero-order chi connectivity index (χ0) is 26.6. The van der Waals surface area contributed by atoms with Gasteiger partial charge >= 0.3 is 6.03 Å². The van der Waals surface area contributed by atoms with Crippen LogP contribution in [0.1, 0.15) is 16.1 Å². The van der Waals surface area contributed by atoms with Gasteiger partial charge in [-0.1, -0.05) is 24.3 Å². The Bertz CT molecular complexity index is 1550. The number of nitrogens with zero attached hydrogens (tertiary/aromatic N) is 5. The van der Waals surface area contributed by atoms with Crippen molar-refractivity contribution < 1.29 is 18.7 Å². The van der Waals surface area contributed by atoms with Crippen molar-refractivity contribution in [2.45, 2.75) is 6.54 Å². The van der Waals surface area contributed by atoms with E-state index in [1.807, 2.05) is 12.1 Å². The topological polar surface area (TPSA) is 110 Å². The number of anilines is 1. The fourth-order valence-electron chi connectivity index (χ4n) is 4.29. The van der Waals surface area contributed by atoms with Gasteiger partial charge in [0.1, 0.15) is 17.1 Å². The predicted octanol–water partition coefficient (Wildman–Crippen LogP) is 2.98. The molecule has 0 unspecified atom stereocenters. The molecule has 10 nitrogen and oxygen atoms in total. The van der Waals surface area contributed by atoms with E-state index in [9.17, 15) is 18.8 Å². The molecule has 0 bridgehead atoms. The van der Waals surface area contributed by atoms with Crippen molar-refractivity contribution in [3.05, 3.63) is 94.3 Å². The number of urea groups is 1. The number of piperazine rings is 1. The van der Waals surface area contributed by atoms with Gasteiger partial charge in [-0.2, -0.15) is 0 Å². The maximum atomic E-state index is 13.9. The quantitative estimate of drug-likeness (QED) is 0.437. The SMILES string of the molecule is COc1ccc(Cn2c(=O)c(C(=O)N3CCN(C(=O)Nc4ccccc4F)CC3)nc3cccnc32)cc1. The minimum atomic E-state index is -0.545. The fraction of sp³-hybridized carbons (Fsp3) is 0.222. The smallest absolute Gasteiger partial charge is 0.322 e. The molecule has 2 aromatic heterocycles. The van der Waals surface area contributed by atoms with Crippen molar-refractivity contribution in [1.29, 1.82) is 0 Å². The van der Waals surface area contributed by atoms with Crippen LogP contribution in [0.25, 0.3) is 11.2 Å². The average Bonchev–Trinajstić information content (AvgIpc) is 2.95. The van der Waals surface area contributed by atoms with Crippen LogP contribution >= 0.6 is 0 Å². The van der Waals surface area contributed by atoms with E-state index >= 15 is 0 Å². The highest BCUT2D eigenvalue weighted by Crippen LogP contribution is 2.16. The van der Waals surface area contributed by atoms with Crippen LogP contribution in [0.4, 0.5) is 14.9 Å². The molecule has 0 atom stereocenters. The van der Waals surface area contributed by atoms with Gasteiger partial charge in [-0.25, -0.2) is 19.2 Å². The molecule has 1 saturated heterocycles. The number of halogens is 1. The Morgan fingerprint density at radius 1 is 0.974 bits per heavy atom. The Kier molecular flexibility index (Phi) is 6.98. The monoisotopic (exact) mass is 516 g/mol. The molecule has 5 rings (SSSR count). The second-order valence-corrected chi connectivity index (χ2v) is 8.74. The van der Waals surface area contributed by atoms with Crippen LogP contribution in [-0.4, -0.2) is 69.6 Å². The van der Waals surface area contributed by atoms with Gasteiger partial charge in [-0.15, -0.1) is 0 Å². The van der Waals surface area contributed by atoms with E-state index in [1.165, 1.54) is 32.6 Å². The number of rotatable bonds is 5. The zero-order valence-corrected chi connectivity index (χ0v) is 20.6. The molecule has 1 N–H and O–H groups in total. The highest BCUT2D eigenvalue weighted by molar-refractivity contribution is 5.94. The van der Waals surface area contributed by atoms with Crippen molar-refractivity contribution in [3.63, 3.8) is 0 Å². The van der Waals surface area contributed by atoms with Gasteiger partial charge in [-0.05, 0) is 42.0 Å². The minimum absolute atomic E-state index is 0.0855. The van der Waals surface area contributed by atoms with Crippen molar-refractivity contribution in [3.8, 4) is 5.75 Å². The lowest BCUT2D eigenvalue weighted by Gasteiger charge is -2.34. The van der Waals surface area contributed by atoms with E-state index in [0.29, 0.717) is 16.9 Å². The minimum Gasteiger partial charge on any atom is -0.497 e. The van der Waals surface area contributed by atoms with Crippen molar-refractivity contribution in [2.75, 3.05) is 38.6 Å². The third kappa shape index (κ3) is 5.03. The number of carbonyl (C=O) groups excluding carboxylic acids is 2. The number of hydrogen-bond donors (Lipinski definition) is 1. The molecule has 0 spiro atoms. The van der Waals surface area contributed by atoms with E-state index in [4.69, 9.17) is 4.74 Å². The molecule has 3 heterocycles. The molecule has 38 heavy (non-hydrogen) atoms. The first-order chi connectivity index (χ1) is 18.4. The first kappa shape index (κ1) is 24.9. The second-order valence-electron chi connectivity index (χ2n) is 8.74. The van der Waals surface area contributed by atoms with Gasteiger partial charge in [0.2, 0.25) is 0 Å². The van der Waals surface area contributed by atoms with Crippen LogP contribution < -0.4 is 15.6 Å². The van der Waals surface area contributed by atoms with Gasteiger partial charge in [0.25, 0.3) is 11.5 Å². The number of pyridine rings is 1. The lowest BCUT2D eigenvalue weighted by Crippen LogP contribution is -2.52. The number of ether oxygens (including phenoxy) is 1. The maximum absolute atomic E-state index is 13.9. The molecule has 11 heteroatoms. The van der Waals surface area contributed by atoms with Crippen LogP contribution in [-0.2, 0) is 6.54 Å². The predicted molar refractivity (Wildman–Crippen MR) is 139 cm³/mol. The van der Waals surface area contributed by atoms with Crippen LogP contribution in [0.5, 0.6) is 5.75 Å². The molecule has 3 amide bonds. The molecule has 0 radical (unpaired) electrons. The number of para-hydroxylation sites is 1. The summed E-state index contributed by atoms with van der Waals surface area (Å²) in [5, 5.41) is 2.55. The fourth-order valence-corrected chi connectivity index (χ4v) is 4.29. The van der Waals surface area contributed by atoms with Crippen molar-refractivity contribution in [1.82, 2.24) is 24.3 Å². The molecule has 194 valence electrons. The summed E-state index contributed by atoms with van der Waals surface area (Å²) in [6, 6.07) is 16.1. The molecule has 1 fully saturated rings. The number of methoxy groups -OCH3 is 1. The van der Waals surface area contributed by atoms with Crippen LogP contribution in [0, 0.1) is 5.82 Å². The van der Waals surface area contributed by atoms with Crippen LogP contribution in [0.3, 0.4) is 0 Å². The first-order valence-corrected chi connectivity index (χ1v) is 12.0. The number of aromatic nitrogens is 3. The number of fused-ring (bicyclic) bond motifs is 1. The lowest BCUT2D eigenvalue weighted by atomic mass is 10.2. The highest BCUT2D eigenvalue weighted by atomic mass is 19.1. The average molecular weight is 517 g/mol. The van der Waals surface area contributed by atoms with Gasteiger partial charge in [-0.3, -0.25) is 14.2 Å². The summed E-state index contributed by atoms with van der Waals surface area (Å²) in [5.41, 5.74) is 0.965. The van der Waals surface area contributed by atoms with Gasteiger partial charge in [0.05, 0.1) is 19.3 Å². The number of benzene rings is 2. The summed E-state index contributed by atoms with van der Waals surface area (Å²) in [4.78, 5) is 51.2. The third-order valence-corrected chi connectivity index (χ3v) is 6.37. The standard InChI is InChI=1S/C27H25FN6O4/c1-38-19-10-8-18(9-11-19)17-34-24-22(7-4-12-29-24)30-23(26(34)36)25(35)32-13-15-33(16-14-32)27(37)31-21-6-3-2-5-20(21)28/h2-12H,13-17H2,1H3,(H,31,37). The zero-order valence-electron chi connectivity index (χ0n) is 20.6. The molecule has 0 aliphatic carbocycles. The summed E-state index contributed by atoms with van der Waals surface area (Å²) in [5.74, 6) is -0.354. The summed E-state index contributed by atoms with van der Waals surface area (Å²) in [6.45, 7) is 1.05. The maximum Gasteiger partial charge on any atom is 0.322 e. The van der Waals surface area contributed by atoms with Crippen LogP contribution in [0.15, 0.2) is 71.7 Å². The normalized spacial score (nSPS) is 13.4. The van der Waals surface area contributed by atoms with E-state index < -0.39 is 23.3 Å². The summed E-state index contributed by atoms with van der Waals surface area (Å²) < 4.78 is 20.5. The molecule has 4 aromatic rings. The Morgan fingerprint density at radius 3 is 2.39 bits per heavy atom. The van der Waals surface area contributed by atoms with Crippen molar-refractivity contribution in [2.24, 2.45) is 0 Å². The Labute approximate surface area is 217 Å². The largest absolute Gasteiger partial charge is 0.497 e. The Morgan fingerprint density at radius 2 is 1.68 bits per heavy atom. The van der Waals surface area contributed by atoms with Crippen LogP contribution in [0.2, 0.25) is 0 Å². The number of nitrogens with one attached hydrogen (secondary N) is 1. The van der Waals surface area contributed by atoms with E-state index in [0.717, 1.165) is 5.56 Å². The molecular formula is C27H25FN6O4. The van der Waals surface area contributed by atoms with E-state index in [2.05, 4.69) is 15.3 Å². The summed E-state index contributed by atoms with van der Waals surface area (Å²) >= 11 is 0. The molecule has 2 aromatic carbocycles. The number of amides is 3. The highest BCUT2D eigenvalue weighted by Gasteiger charge is 2.28. The second kappa shape index (κ2) is 10.7. The summed E-state index contributed by atoms with van der Waals surface area (Å²) in [6.07, 6.45) is 1.57. The molecule has 1 aliphatic heterocycles. The van der Waals surface area contributed by atoms with E-state index in [1.54, 1.807) is 43.6 Å². The number of hydrogen-bond acceptors (Lipinski definition) is 6. The van der Waals surface area contributed by atoms with Gasteiger partial charge in [0.15, 0.2) is 11.3 Å². The molecular weight excluding hydrogens is 491 g/mol. The van der Waals surface area contributed by atoms with Gasteiger partial charge < -0.3 is 19.9 Å². The molecule has 1 aliphatic rings. The Hall–Kier alpha value is -4.80. The van der Waals surface area contributed by atoms with Crippen molar-refractivity contribution >= 4 is 28.8 Å². The third-order valence-electron chi connectivity index (χ3n) is 6.37. The lowest BCUT2D eigenvalue weighted by molar-refractivity contribution is 0.0663. The Balaban J connectivity index is 1.34. The molecule has 0 saturated carbocycles. The summed E-state index contributed by atoms with van der Waals surface area (Å²) in [7, 11) is 1.58. The van der Waals surface area contributed by atoms with E-state index in [-0.39, 0.29) is 44.1 Å².